The van der Waals surface area contributed by atoms with E-state index in [0.717, 1.165) is 91.5 Å². The zero-order chi connectivity index (χ0) is 46.3. The van der Waals surface area contributed by atoms with Crippen molar-refractivity contribution in [3.05, 3.63) is 113 Å². The molecule has 6 amide bonds. The van der Waals surface area contributed by atoms with Gasteiger partial charge >= 0.3 is 18.1 Å². The average molecular weight is 883 g/mol. The molecule has 4 N–H and O–H groups in total. The summed E-state index contributed by atoms with van der Waals surface area (Å²) in [5.41, 5.74) is 11.8. The molecule has 0 bridgehead atoms. The smallest absolute Gasteiger partial charge is 0.321 e. The lowest BCUT2D eigenvalue weighted by Crippen LogP contribution is -2.49. The highest BCUT2D eigenvalue weighted by Crippen LogP contribution is 2.29. The van der Waals surface area contributed by atoms with Gasteiger partial charge in [0, 0.05) is 86.0 Å². The molecule has 8 rings (SSSR count). The first kappa shape index (κ1) is 47.4. The Kier molecular flexibility index (Phi) is 16.8. The normalized spacial score (nSPS) is 16.4. The van der Waals surface area contributed by atoms with E-state index < -0.39 is 0 Å². The van der Waals surface area contributed by atoms with E-state index in [-0.39, 0.29) is 24.1 Å². The summed E-state index contributed by atoms with van der Waals surface area (Å²) in [7, 11) is 4.92. The van der Waals surface area contributed by atoms with E-state index in [1.165, 1.54) is 11.1 Å². The van der Waals surface area contributed by atoms with Crippen molar-refractivity contribution < 1.29 is 28.6 Å². The molecule has 0 saturated carbocycles. The molecule has 65 heavy (non-hydrogen) atoms. The molecule has 4 aliphatic heterocycles. The van der Waals surface area contributed by atoms with E-state index in [4.69, 9.17) is 32.8 Å². The standard InChI is InChI=1S/C26H30N4O4.C17H25N3O2.C8H7N/c1-4-19-5-7-21(8-6-19)27-25(31)28-13-11-22(12-14-28)30-16-15-29(26(30)32)18-20-17-23(33-2)9-10-24(20)34-3;1-13-3-4-16(22-2)11-14(13)12-19-9-10-20(17(19)21)15-5-7-18-8-6-15;1-2-7-3-5-8(9)6-4-7/h1,5-10,17,22H,11-16,18H2,2-3H3,(H,27,31);3-4,11,15,18H,5-10,12H2,1-2H3;1,3-6H,9H2. The lowest BCUT2D eigenvalue weighted by molar-refractivity contribution is 0.139. The predicted molar refractivity (Wildman–Crippen MR) is 255 cm³/mol. The van der Waals surface area contributed by atoms with Crippen molar-refractivity contribution >= 4 is 29.5 Å². The topological polar surface area (TPSA) is 145 Å². The van der Waals surface area contributed by atoms with E-state index >= 15 is 0 Å². The Morgan fingerprint density at radius 3 is 1.72 bits per heavy atom. The van der Waals surface area contributed by atoms with E-state index in [1.807, 2.05) is 57.2 Å². The summed E-state index contributed by atoms with van der Waals surface area (Å²) in [6, 6.07) is 26.7. The summed E-state index contributed by atoms with van der Waals surface area (Å²) in [6.45, 7) is 9.48. The first-order valence-electron chi connectivity index (χ1n) is 22.1. The van der Waals surface area contributed by atoms with Gasteiger partial charge in [0.25, 0.3) is 0 Å². The van der Waals surface area contributed by atoms with Crippen molar-refractivity contribution in [1.29, 1.82) is 0 Å². The summed E-state index contributed by atoms with van der Waals surface area (Å²) in [5.74, 6) is 7.38. The number of hydrogen-bond acceptors (Lipinski definition) is 8. The Morgan fingerprint density at radius 2 is 1.18 bits per heavy atom. The van der Waals surface area contributed by atoms with Crippen LogP contribution in [-0.2, 0) is 13.1 Å². The number of nitrogens with two attached hydrogens (primary N) is 1. The summed E-state index contributed by atoms with van der Waals surface area (Å²) in [6.07, 6.45) is 14.1. The minimum Gasteiger partial charge on any atom is -0.497 e. The Morgan fingerprint density at radius 1 is 0.677 bits per heavy atom. The number of amides is 6. The number of rotatable bonds is 10. The first-order chi connectivity index (χ1) is 31.5. The molecule has 4 fully saturated rings. The number of anilines is 2. The van der Waals surface area contributed by atoms with Crippen LogP contribution >= 0.6 is 0 Å². The van der Waals surface area contributed by atoms with Gasteiger partial charge < -0.3 is 55.1 Å². The Hall–Kier alpha value is -7.03. The number of ether oxygens (including phenoxy) is 3. The third-order valence-corrected chi connectivity index (χ3v) is 12.3. The minimum atomic E-state index is -0.133. The molecule has 0 radical (unpaired) electrons. The third kappa shape index (κ3) is 12.6. The Bertz CT molecular complexity index is 2310. The number of terminal acetylenes is 2. The van der Waals surface area contributed by atoms with E-state index in [0.29, 0.717) is 51.0 Å². The highest BCUT2D eigenvalue weighted by Gasteiger charge is 2.37. The molecule has 0 spiro atoms. The average Bonchev–Trinajstić information content (AvgIpc) is 3.90. The number of aryl methyl sites for hydroxylation is 1. The summed E-state index contributed by atoms with van der Waals surface area (Å²) in [4.78, 5) is 48.1. The molecular formula is C51H62N8O6. The number of methoxy groups -OCH3 is 3. The second-order valence-corrected chi connectivity index (χ2v) is 16.4. The van der Waals surface area contributed by atoms with Crippen molar-refractivity contribution in [3.63, 3.8) is 0 Å². The fraction of sp³-hybridized carbons (Fsp3) is 0.392. The number of nitrogens with one attached hydrogen (secondary N) is 2. The van der Waals surface area contributed by atoms with Crippen molar-refractivity contribution in [3.8, 4) is 41.9 Å². The predicted octanol–water partition coefficient (Wildman–Crippen LogP) is 6.86. The molecule has 4 aromatic rings. The van der Waals surface area contributed by atoms with Gasteiger partial charge in [0.1, 0.15) is 17.2 Å². The molecule has 0 atom stereocenters. The van der Waals surface area contributed by atoms with Gasteiger partial charge in [-0.15, -0.1) is 12.8 Å². The van der Waals surface area contributed by atoms with Crippen LogP contribution in [-0.4, -0.2) is 128 Å². The number of nitrogen functional groups attached to an aromatic ring is 1. The first-order valence-corrected chi connectivity index (χ1v) is 22.1. The van der Waals surface area contributed by atoms with Gasteiger partial charge in [0.05, 0.1) is 27.9 Å². The monoisotopic (exact) mass is 882 g/mol. The Balaban J connectivity index is 0.000000191. The molecule has 4 aromatic carbocycles. The fourth-order valence-corrected chi connectivity index (χ4v) is 8.47. The minimum absolute atomic E-state index is 0.0291. The van der Waals surface area contributed by atoms with Crippen molar-refractivity contribution in [2.24, 2.45) is 0 Å². The lowest BCUT2D eigenvalue weighted by atomic mass is 10.0. The molecule has 14 heteroatoms. The van der Waals surface area contributed by atoms with Crippen LogP contribution in [0.3, 0.4) is 0 Å². The van der Waals surface area contributed by atoms with Crippen molar-refractivity contribution in [1.82, 2.24) is 29.8 Å². The van der Waals surface area contributed by atoms with Crippen LogP contribution < -0.4 is 30.6 Å². The number of carbonyl (C=O) groups is 3. The summed E-state index contributed by atoms with van der Waals surface area (Å²) in [5, 5.41) is 6.28. The quantitative estimate of drug-likeness (QED) is 0.116. The Labute approximate surface area is 384 Å². The molecule has 4 saturated heterocycles. The molecule has 4 heterocycles. The molecule has 342 valence electrons. The highest BCUT2D eigenvalue weighted by molar-refractivity contribution is 5.89. The number of urea groups is 3. The SMILES string of the molecule is C#Cc1ccc(N)cc1.C#Cc1ccc(NC(=O)N2CCC(N3CCN(Cc4cc(OC)ccc4OC)C3=O)CC2)cc1.COc1ccc(C)c(CN2CCN(C3CCNCC3)C2=O)c1. The molecule has 4 aliphatic rings. The second-order valence-electron chi connectivity index (χ2n) is 16.4. The molecule has 0 aromatic heterocycles. The maximum Gasteiger partial charge on any atom is 0.321 e. The van der Waals surface area contributed by atoms with Gasteiger partial charge in [-0.05, 0) is 136 Å². The number of nitrogens with zero attached hydrogens (tertiary/aromatic N) is 5. The number of hydrogen-bond donors (Lipinski definition) is 3. The number of benzene rings is 4. The number of likely N-dealkylation sites (tertiary alicyclic amines) is 1. The van der Waals surface area contributed by atoms with Crippen LogP contribution in [0.15, 0.2) is 84.9 Å². The van der Waals surface area contributed by atoms with E-state index in [2.05, 4.69) is 40.4 Å². The fourth-order valence-electron chi connectivity index (χ4n) is 8.47. The van der Waals surface area contributed by atoms with Crippen LogP contribution in [0.1, 0.15) is 53.5 Å². The number of piperidine rings is 2. The van der Waals surface area contributed by atoms with Gasteiger partial charge in [-0.1, -0.05) is 17.9 Å². The van der Waals surface area contributed by atoms with Crippen LogP contribution in [0.5, 0.6) is 17.2 Å². The largest absolute Gasteiger partial charge is 0.497 e. The van der Waals surface area contributed by atoms with E-state index in [1.54, 1.807) is 62.6 Å². The van der Waals surface area contributed by atoms with Crippen LogP contribution in [0.2, 0.25) is 0 Å². The molecule has 0 aliphatic carbocycles. The number of carbonyl (C=O) groups excluding carboxylic acids is 3. The highest BCUT2D eigenvalue weighted by atomic mass is 16.5. The van der Waals surface area contributed by atoms with E-state index in [9.17, 15) is 14.4 Å². The molecule has 14 nitrogen and oxygen atoms in total. The third-order valence-electron chi connectivity index (χ3n) is 12.3. The van der Waals surface area contributed by atoms with Crippen molar-refractivity contribution in [2.75, 3.05) is 84.7 Å². The maximum absolute atomic E-state index is 13.1. The lowest BCUT2D eigenvalue weighted by Gasteiger charge is -2.36. The summed E-state index contributed by atoms with van der Waals surface area (Å²) < 4.78 is 16.1. The van der Waals surface area contributed by atoms with Gasteiger partial charge in [-0.2, -0.15) is 0 Å². The maximum atomic E-state index is 13.1. The van der Waals surface area contributed by atoms with Crippen LogP contribution in [0, 0.1) is 31.6 Å². The zero-order valence-corrected chi connectivity index (χ0v) is 38.1. The molecular weight excluding hydrogens is 821 g/mol. The zero-order valence-electron chi connectivity index (χ0n) is 38.1. The van der Waals surface area contributed by atoms with Gasteiger partial charge in [0.15, 0.2) is 0 Å². The summed E-state index contributed by atoms with van der Waals surface area (Å²) >= 11 is 0. The second kappa shape index (κ2) is 23.1. The van der Waals surface area contributed by atoms with Crippen molar-refractivity contribution in [2.45, 2.75) is 57.8 Å². The van der Waals surface area contributed by atoms with Gasteiger partial charge in [0.2, 0.25) is 0 Å². The van der Waals surface area contributed by atoms with Gasteiger partial charge in [-0.25, -0.2) is 14.4 Å². The molecule has 0 unspecified atom stereocenters. The van der Waals surface area contributed by atoms with Crippen LogP contribution in [0.4, 0.5) is 25.8 Å². The van der Waals surface area contributed by atoms with Gasteiger partial charge in [-0.3, -0.25) is 0 Å². The van der Waals surface area contributed by atoms with Crippen LogP contribution in [0.25, 0.3) is 0 Å².